The third kappa shape index (κ3) is 2.28. The van der Waals surface area contributed by atoms with Gasteiger partial charge in [0.25, 0.3) is 0 Å². The molecule has 0 saturated carbocycles. The quantitative estimate of drug-likeness (QED) is 0.856. The summed E-state index contributed by atoms with van der Waals surface area (Å²) in [6, 6.07) is 0. The lowest BCUT2D eigenvalue weighted by molar-refractivity contribution is -0.142. The predicted molar refractivity (Wildman–Crippen MR) is 61.7 cm³/mol. The maximum atomic E-state index is 11.0. The number of hydrogen-bond acceptors (Lipinski definition) is 4. The second kappa shape index (κ2) is 4.18. The van der Waals surface area contributed by atoms with Crippen LogP contribution in [-0.2, 0) is 10.2 Å². The molecule has 5 heteroatoms. The standard InChI is InChI=1S/C10H16N2O2S/c1-5-12(4)9-11-7(6-15-9)10(2,3)8(13)14/h6H,5H2,1-4H3,(H,13,14). The molecule has 1 aromatic rings. The lowest BCUT2D eigenvalue weighted by atomic mass is 9.90. The normalized spacial score (nSPS) is 11.5. The van der Waals surface area contributed by atoms with Gasteiger partial charge in [-0.05, 0) is 20.8 Å². The molecule has 0 aliphatic rings. The lowest BCUT2D eigenvalue weighted by Crippen LogP contribution is -2.29. The Morgan fingerprint density at radius 3 is 2.73 bits per heavy atom. The minimum Gasteiger partial charge on any atom is -0.481 e. The Kier molecular flexibility index (Phi) is 3.34. The summed E-state index contributed by atoms with van der Waals surface area (Å²) in [5.74, 6) is -0.849. The third-order valence-corrected chi connectivity index (χ3v) is 3.42. The first-order valence-electron chi connectivity index (χ1n) is 4.80. The van der Waals surface area contributed by atoms with E-state index in [9.17, 15) is 4.79 Å². The van der Waals surface area contributed by atoms with Crippen LogP contribution in [0.2, 0.25) is 0 Å². The third-order valence-electron chi connectivity index (χ3n) is 2.47. The van der Waals surface area contributed by atoms with Gasteiger partial charge in [-0.15, -0.1) is 11.3 Å². The summed E-state index contributed by atoms with van der Waals surface area (Å²) in [4.78, 5) is 17.4. The molecule has 0 fully saturated rings. The van der Waals surface area contributed by atoms with E-state index in [4.69, 9.17) is 5.11 Å². The summed E-state index contributed by atoms with van der Waals surface area (Å²) in [5, 5.41) is 11.7. The summed E-state index contributed by atoms with van der Waals surface area (Å²) >= 11 is 1.48. The fourth-order valence-electron chi connectivity index (χ4n) is 0.971. The van der Waals surface area contributed by atoms with Crippen LogP contribution in [0.4, 0.5) is 5.13 Å². The van der Waals surface area contributed by atoms with Crippen LogP contribution in [0.5, 0.6) is 0 Å². The number of rotatable bonds is 4. The molecule has 0 amide bonds. The summed E-state index contributed by atoms with van der Waals surface area (Å²) < 4.78 is 0. The number of anilines is 1. The minimum atomic E-state index is -0.913. The molecular formula is C10H16N2O2S. The molecular weight excluding hydrogens is 212 g/mol. The van der Waals surface area contributed by atoms with Crippen molar-refractivity contribution in [3.8, 4) is 0 Å². The van der Waals surface area contributed by atoms with Gasteiger partial charge in [-0.25, -0.2) is 4.98 Å². The van der Waals surface area contributed by atoms with Gasteiger partial charge in [0, 0.05) is 19.0 Å². The molecule has 84 valence electrons. The van der Waals surface area contributed by atoms with Gasteiger partial charge in [0.15, 0.2) is 5.13 Å². The van der Waals surface area contributed by atoms with E-state index in [1.807, 2.05) is 24.3 Å². The number of aromatic nitrogens is 1. The molecule has 0 spiro atoms. The average Bonchev–Trinajstić information content (AvgIpc) is 2.65. The van der Waals surface area contributed by atoms with Crippen LogP contribution in [0.1, 0.15) is 26.5 Å². The minimum absolute atomic E-state index is 0.621. The molecule has 0 aliphatic heterocycles. The van der Waals surface area contributed by atoms with Gasteiger partial charge in [0.2, 0.25) is 0 Å². The van der Waals surface area contributed by atoms with Crippen molar-refractivity contribution in [2.45, 2.75) is 26.2 Å². The van der Waals surface area contributed by atoms with Crippen LogP contribution in [0.3, 0.4) is 0 Å². The Labute approximate surface area is 93.6 Å². The Balaban J connectivity index is 2.98. The highest BCUT2D eigenvalue weighted by molar-refractivity contribution is 7.13. The van der Waals surface area contributed by atoms with E-state index in [1.165, 1.54) is 11.3 Å². The second-order valence-corrected chi connectivity index (χ2v) is 4.80. The van der Waals surface area contributed by atoms with Crippen LogP contribution in [0.25, 0.3) is 0 Å². The molecule has 0 radical (unpaired) electrons. The number of thiazole rings is 1. The Morgan fingerprint density at radius 2 is 2.27 bits per heavy atom. The summed E-state index contributed by atoms with van der Waals surface area (Å²) in [6.45, 7) is 6.23. The van der Waals surface area contributed by atoms with Crippen molar-refractivity contribution in [3.63, 3.8) is 0 Å². The van der Waals surface area contributed by atoms with Crippen LogP contribution in [-0.4, -0.2) is 29.7 Å². The lowest BCUT2D eigenvalue weighted by Gasteiger charge is -2.16. The first-order valence-corrected chi connectivity index (χ1v) is 5.68. The van der Waals surface area contributed by atoms with E-state index in [-0.39, 0.29) is 0 Å². The second-order valence-electron chi connectivity index (χ2n) is 3.96. The van der Waals surface area contributed by atoms with E-state index < -0.39 is 11.4 Å². The Morgan fingerprint density at radius 1 is 1.67 bits per heavy atom. The molecule has 1 aromatic heterocycles. The molecule has 0 unspecified atom stereocenters. The fraction of sp³-hybridized carbons (Fsp3) is 0.600. The summed E-state index contributed by atoms with van der Waals surface area (Å²) in [5.41, 5.74) is -0.293. The zero-order valence-corrected chi connectivity index (χ0v) is 10.3. The van der Waals surface area contributed by atoms with Gasteiger partial charge < -0.3 is 10.0 Å². The molecule has 0 atom stereocenters. The van der Waals surface area contributed by atoms with E-state index in [0.717, 1.165) is 11.7 Å². The molecule has 0 saturated heterocycles. The van der Waals surface area contributed by atoms with E-state index in [0.29, 0.717) is 5.69 Å². The van der Waals surface area contributed by atoms with Gasteiger partial charge in [-0.3, -0.25) is 4.79 Å². The zero-order valence-electron chi connectivity index (χ0n) is 9.44. The number of nitrogens with zero attached hydrogens (tertiary/aromatic N) is 2. The molecule has 1 rings (SSSR count). The van der Waals surface area contributed by atoms with Crippen molar-refractivity contribution in [2.75, 3.05) is 18.5 Å². The number of carboxylic acids is 1. The average molecular weight is 228 g/mol. The highest BCUT2D eigenvalue weighted by Crippen LogP contribution is 2.28. The first-order chi connectivity index (χ1) is 6.89. The maximum absolute atomic E-state index is 11.0. The molecule has 15 heavy (non-hydrogen) atoms. The molecule has 0 aliphatic carbocycles. The summed E-state index contributed by atoms with van der Waals surface area (Å²) in [7, 11) is 1.94. The monoisotopic (exact) mass is 228 g/mol. The smallest absolute Gasteiger partial charge is 0.315 e. The van der Waals surface area contributed by atoms with E-state index in [1.54, 1.807) is 13.8 Å². The molecule has 1 heterocycles. The van der Waals surface area contributed by atoms with Gasteiger partial charge in [0.1, 0.15) is 5.41 Å². The van der Waals surface area contributed by atoms with Crippen LogP contribution >= 0.6 is 11.3 Å². The van der Waals surface area contributed by atoms with Crippen molar-refractivity contribution in [2.24, 2.45) is 0 Å². The predicted octanol–water partition coefficient (Wildman–Crippen LogP) is 1.96. The molecule has 0 aromatic carbocycles. The van der Waals surface area contributed by atoms with Crippen molar-refractivity contribution >= 4 is 22.4 Å². The number of hydrogen-bond donors (Lipinski definition) is 1. The van der Waals surface area contributed by atoms with Gasteiger partial charge in [0.05, 0.1) is 5.69 Å². The summed E-state index contributed by atoms with van der Waals surface area (Å²) in [6.07, 6.45) is 0. The topological polar surface area (TPSA) is 53.4 Å². The highest BCUT2D eigenvalue weighted by atomic mass is 32.1. The van der Waals surface area contributed by atoms with Crippen LogP contribution < -0.4 is 4.90 Å². The Bertz CT molecular complexity index is 360. The van der Waals surface area contributed by atoms with E-state index >= 15 is 0 Å². The van der Waals surface area contributed by atoms with Crippen molar-refractivity contribution < 1.29 is 9.90 Å². The number of aliphatic carboxylic acids is 1. The van der Waals surface area contributed by atoms with Crippen LogP contribution in [0, 0.1) is 0 Å². The van der Waals surface area contributed by atoms with Crippen molar-refractivity contribution in [1.82, 2.24) is 4.98 Å². The van der Waals surface area contributed by atoms with Gasteiger partial charge in [-0.1, -0.05) is 0 Å². The number of carboxylic acid groups (broad SMARTS) is 1. The first kappa shape index (κ1) is 12.0. The molecule has 1 N–H and O–H groups in total. The van der Waals surface area contributed by atoms with E-state index in [2.05, 4.69) is 4.98 Å². The van der Waals surface area contributed by atoms with Crippen molar-refractivity contribution in [3.05, 3.63) is 11.1 Å². The fourth-order valence-corrected chi connectivity index (χ4v) is 2.00. The van der Waals surface area contributed by atoms with Gasteiger partial charge in [-0.2, -0.15) is 0 Å². The Hall–Kier alpha value is -1.10. The zero-order chi connectivity index (χ0) is 11.6. The maximum Gasteiger partial charge on any atom is 0.315 e. The van der Waals surface area contributed by atoms with Crippen LogP contribution in [0.15, 0.2) is 5.38 Å². The van der Waals surface area contributed by atoms with Gasteiger partial charge >= 0.3 is 5.97 Å². The highest BCUT2D eigenvalue weighted by Gasteiger charge is 2.32. The SMILES string of the molecule is CCN(C)c1nc(C(C)(C)C(=O)O)cs1. The number of carbonyl (C=O) groups is 1. The molecule has 0 bridgehead atoms. The molecule has 4 nitrogen and oxygen atoms in total. The van der Waals surface area contributed by atoms with Crippen molar-refractivity contribution in [1.29, 1.82) is 0 Å². The largest absolute Gasteiger partial charge is 0.481 e.